The second-order valence-electron chi connectivity index (χ2n) is 6.41. The molecule has 1 aliphatic rings. The Hall–Kier alpha value is -1.33. The molecule has 0 saturated carbocycles. The first-order chi connectivity index (χ1) is 9.40. The summed E-state index contributed by atoms with van der Waals surface area (Å²) in [4.78, 5) is 0. The summed E-state index contributed by atoms with van der Waals surface area (Å²) in [5.41, 5.74) is 2.48. The van der Waals surface area contributed by atoms with Crippen LogP contribution in [0.4, 0.5) is 0 Å². The Morgan fingerprint density at radius 1 is 0.850 bits per heavy atom. The van der Waals surface area contributed by atoms with E-state index in [1.807, 2.05) is 12.1 Å². The van der Waals surface area contributed by atoms with Gasteiger partial charge in [-0.2, -0.15) is 0 Å². The van der Waals surface area contributed by atoms with Crippen molar-refractivity contribution in [1.82, 2.24) is 0 Å². The SMILES string of the molecule is CC(C)P1(=O)c2ccccc2C(C)(C)c2ccccc21. The topological polar surface area (TPSA) is 17.1 Å². The van der Waals surface area contributed by atoms with E-state index < -0.39 is 7.14 Å². The van der Waals surface area contributed by atoms with E-state index >= 15 is 0 Å². The molecule has 104 valence electrons. The van der Waals surface area contributed by atoms with Crippen LogP contribution in [0.15, 0.2) is 48.5 Å². The van der Waals surface area contributed by atoms with Gasteiger partial charge in [0.2, 0.25) is 0 Å². The van der Waals surface area contributed by atoms with Gasteiger partial charge >= 0.3 is 0 Å². The van der Waals surface area contributed by atoms with Crippen LogP contribution >= 0.6 is 7.14 Å². The predicted octanol–water partition coefficient (Wildman–Crippen LogP) is 4.05. The second-order valence-corrected chi connectivity index (χ2v) is 9.72. The number of fused-ring (bicyclic) bond motifs is 2. The number of hydrogen-bond acceptors (Lipinski definition) is 1. The lowest BCUT2D eigenvalue weighted by Crippen LogP contribution is -2.41. The van der Waals surface area contributed by atoms with Crippen LogP contribution in [0.1, 0.15) is 38.8 Å². The first-order valence-electron chi connectivity index (χ1n) is 7.20. The second kappa shape index (κ2) is 4.33. The minimum absolute atomic E-state index is 0.0873. The minimum atomic E-state index is -2.55. The molecule has 0 aromatic heterocycles. The highest BCUT2D eigenvalue weighted by Crippen LogP contribution is 2.55. The molecule has 0 amide bonds. The zero-order valence-electron chi connectivity index (χ0n) is 12.6. The van der Waals surface area contributed by atoms with Crippen LogP contribution in [0.3, 0.4) is 0 Å². The quantitative estimate of drug-likeness (QED) is 0.722. The Morgan fingerprint density at radius 2 is 1.25 bits per heavy atom. The van der Waals surface area contributed by atoms with E-state index in [4.69, 9.17) is 0 Å². The van der Waals surface area contributed by atoms with Gasteiger partial charge in [-0.25, -0.2) is 0 Å². The van der Waals surface area contributed by atoms with E-state index in [9.17, 15) is 4.57 Å². The average molecular weight is 284 g/mol. The molecule has 2 aromatic carbocycles. The van der Waals surface area contributed by atoms with Crippen LogP contribution in [0.2, 0.25) is 0 Å². The zero-order valence-corrected chi connectivity index (χ0v) is 13.4. The van der Waals surface area contributed by atoms with Crippen molar-refractivity contribution in [3.05, 3.63) is 59.7 Å². The smallest absolute Gasteiger partial charge is 0.146 e. The molecule has 20 heavy (non-hydrogen) atoms. The van der Waals surface area contributed by atoms with Crippen molar-refractivity contribution >= 4 is 17.8 Å². The van der Waals surface area contributed by atoms with Crippen molar-refractivity contribution in [3.8, 4) is 0 Å². The van der Waals surface area contributed by atoms with Crippen molar-refractivity contribution in [2.45, 2.75) is 38.8 Å². The first kappa shape index (κ1) is 13.6. The highest BCUT2D eigenvalue weighted by Gasteiger charge is 2.44. The third-order valence-electron chi connectivity index (χ3n) is 4.60. The van der Waals surface area contributed by atoms with Crippen LogP contribution in [-0.4, -0.2) is 5.66 Å². The number of hydrogen-bond donors (Lipinski definition) is 0. The van der Waals surface area contributed by atoms with Crippen LogP contribution in [0.25, 0.3) is 0 Å². The average Bonchev–Trinajstić information content (AvgIpc) is 2.45. The van der Waals surface area contributed by atoms with E-state index in [0.29, 0.717) is 0 Å². The summed E-state index contributed by atoms with van der Waals surface area (Å²) in [6.07, 6.45) is 0. The Labute approximate surface area is 121 Å². The Bertz CT molecular complexity index is 659. The number of benzene rings is 2. The van der Waals surface area contributed by atoms with E-state index in [2.05, 4.69) is 64.1 Å². The van der Waals surface area contributed by atoms with Gasteiger partial charge in [0.05, 0.1) is 0 Å². The van der Waals surface area contributed by atoms with Gasteiger partial charge in [-0.05, 0) is 11.1 Å². The molecule has 0 unspecified atom stereocenters. The highest BCUT2D eigenvalue weighted by atomic mass is 31.2. The van der Waals surface area contributed by atoms with Crippen LogP contribution in [0, 0.1) is 0 Å². The standard InChI is InChI=1S/C18H21OP/c1-13(2)20(19)16-11-7-5-9-14(16)18(3,4)15-10-6-8-12-17(15)20/h5-13H,1-4H3. The van der Waals surface area contributed by atoms with E-state index in [0.717, 1.165) is 10.6 Å². The van der Waals surface area contributed by atoms with Gasteiger partial charge < -0.3 is 4.57 Å². The molecule has 0 fully saturated rings. The molecule has 0 spiro atoms. The predicted molar refractivity (Wildman–Crippen MR) is 87.0 cm³/mol. The van der Waals surface area contributed by atoms with Gasteiger partial charge in [-0.15, -0.1) is 0 Å². The molecular weight excluding hydrogens is 263 g/mol. The fraction of sp³-hybridized carbons (Fsp3) is 0.333. The highest BCUT2D eigenvalue weighted by molar-refractivity contribution is 7.79. The molecule has 1 aliphatic heterocycles. The summed E-state index contributed by atoms with van der Waals surface area (Å²) in [7, 11) is -2.55. The number of rotatable bonds is 1. The molecule has 0 saturated heterocycles. The maximum Gasteiger partial charge on any atom is 0.146 e. The fourth-order valence-electron chi connectivity index (χ4n) is 3.41. The first-order valence-corrected chi connectivity index (χ1v) is 8.97. The van der Waals surface area contributed by atoms with Gasteiger partial charge in [0.25, 0.3) is 0 Å². The minimum Gasteiger partial charge on any atom is -0.313 e. The maximum atomic E-state index is 13.9. The van der Waals surface area contributed by atoms with Gasteiger partial charge in [-0.3, -0.25) is 0 Å². The van der Waals surface area contributed by atoms with Crippen LogP contribution < -0.4 is 10.6 Å². The summed E-state index contributed by atoms with van der Waals surface area (Å²) >= 11 is 0. The van der Waals surface area contributed by atoms with Crippen molar-refractivity contribution in [1.29, 1.82) is 0 Å². The monoisotopic (exact) mass is 284 g/mol. The summed E-state index contributed by atoms with van der Waals surface area (Å²) in [5, 5.41) is 2.11. The molecule has 1 heterocycles. The Kier molecular flexibility index (Phi) is 2.95. The lowest BCUT2D eigenvalue weighted by Gasteiger charge is -2.40. The molecular formula is C18H21OP. The molecule has 0 N–H and O–H groups in total. The third kappa shape index (κ3) is 1.59. The van der Waals surface area contributed by atoms with Crippen molar-refractivity contribution in [2.75, 3.05) is 0 Å². The third-order valence-corrected chi connectivity index (χ3v) is 8.26. The molecule has 0 aliphatic carbocycles. The van der Waals surface area contributed by atoms with Gasteiger partial charge in [0.1, 0.15) is 7.14 Å². The lowest BCUT2D eigenvalue weighted by molar-refractivity contribution is 0.575. The maximum absolute atomic E-state index is 13.9. The van der Waals surface area contributed by atoms with Crippen molar-refractivity contribution in [2.24, 2.45) is 0 Å². The molecule has 0 bridgehead atoms. The lowest BCUT2D eigenvalue weighted by atomic mass is 9.78. The fourth-order valence-corrected chi connectivity index (χ4v) is 6.83. The summed E-state index contributed by atoms with van der Waals surface area (Å²) in [6.45, 7) is 8.61. The van der Waals surface area contributed by atoms with Crippen LogP contribution in [-0.2, 0) is 9.98 Å². The zero-order chi connectivity index (χ0) is 14.5. The van der Waals surface area contributed by atoms with E-state index in [1.165, 1.54) is 11.1 Å². The molecule has 1 nitrogen and oxygen atoms in total. The Morgan fingerprint density at radius 3 is 1.65 bits per heavy atom. The largest absolute Gasteiger partial charge is 0.313 e. The van der Waals surface area contributed by atoms with E-state index in [1.54, 1.807) is 0 Å². The Balaban J connectivity index is 2.46. The van der Waals surface area contributed by atoms with Gasteiger partial charge in [0.15, 0.2) is 0 Å². The summed E-state index contributed by atoms with van der Waals surface area (Å²) in [5.74, 6) is 0. The molecule has 2 aromatic rings. The van der Waals surface area contributed by atoms with Crippen molar-refractivity contribution < 1.29 is 4.57 Å². The van der Waals surface area contributed by atoms with Crippen molar-refractivity contribution in [3.63, 3.8) is 0 Å². The summed E-state index contributed by atoms with van der Waals surface area (Å²) in [6, 6.07) is 16.5. The summed E-state index contributed by atoms with van der Waals surface area (Å²) < 4.78 is 13.9. The normalized spacial score (nSPS) is 18.4. The molecule has 0 radical (unpaired) electrons. The van der Waals surface area contributed by atoms with Gasteiger partial charge in [-0.1, -0.05) is 76.2 Å². The van der Waals surface area contributed by atoms with Gasteiger partial charge in [0, 0.05) is 21.7 Å². The van der Waals surface area contributed by atoms with E-state index in [-0.39, 0.29) is 11.1 Å². The molecule has 2 heteroatoms. The molecule has 3 rings (SSSR count). The molecule has 0 atom stereocenters. The van der Waals surface area contributed by atoms with Crippen LogP contribution in [0.5, 0.6) is 0 Å².